The minimum absolute atomic E-state index is 0. The van der Waals surface area contributed by atoms with Crippen LogP contribution in [0.2, 0.25) is 0 Å². The Morgan fingerprint density at radius 2 is 0.651 bits per heavy atom. The first-order chi connectivity index (χ1) is 41.2. The van der Waals surface area contributed by atoms with Crippen LogP contribution >= 0.6 is 0 Å². The molecule has 0 radical (unpaired) electrons. The molecule has 0 unspecified atom stereocenters. The Balaban J connectivity index is 0.000000200. The van der Waals surface area contributed by atoms with E-state index in [9.17, 15) is 0 Å². The fraction of sp³-hybridized carbons (Fsp3) is 0.256. The maximum absolute atomic E-state index is 3.66. The van der Waals surface area contributed by atoms with Crippen molar-refractivity contribution in [3.63, 3.8) is 0 Å². The summed E-state index contributed by atoms with van der Waals surface area (Å²) in [5.74, 6) is 0. The number of hydrogen-bond acceptors (Lipinski definition) is 4. The molecule has 0 spiro atoms. The Labute approximate surface area is 560 Å². The molecule has 0 aliphatic heterocycles. The minimum atomic E-state index is 0. The zero-order valence-corrected chi connectivity index (χ0v) is 58.2. The Morgan fingerprint density at radius 1 is 0.360 bits per heavy atom. The second kappa shape index (κ2) is 38.3. The number of hydrogen-bond donors (Lipinski definition) is 0. The van der Waals surface area contributed by atoms with Gasteiger partial charge in [-0.1, -0.05) is 34.6 Å². The van der Waals surface area contributed by atoms with Gasteiger partial charge in [0.05, 0.1) is 0 Å². The molecule has 0 aromatic heterocycles. The number of allylic oxidation sites excluding steroid dienone is 8. The number of fused-ring (bicyclic) bond motifs is 6. The summed E-state index contributed by atoms with van der Waals surface area (Å²) in [7, 11) is 0. The summed E-state index contributed by atoms with van der Waals surface area (Å²) in [4.78, 5) is 9.55. The van der Waals surface area contributed by atoms with Gasteiger partial charge in [0.15, 0.2) is 0 Å². The van der Waals surface area contributed by atoms with Crippen LogP contribution in [0.25, 0.3) is 22.3 Å². The van der Waals surface area contributed by atoms with Crippen molar-refractivity contribution in [1.82, 2.24) is 0 Å². The average Bonchev–Trinajstić information content (AvgIpc) is 1.85. The summed E-state index contributed by atoms with van der Waals surface area (Å²) in [6.07, 6.45) is 22.0. The van der Waals surface area contributed by atoms with Crippen molar-refractivity contribution in [2.45, 2.75) is 81.1 Å². The molecule has 8 heteroatoms. The molecule has 0 N–H and O–H groups in total. The van der Waals surface area contributed by atoms with Gasteiger partial charge in [0.25, 0.3) is 0 Å². The molecule has 12 rings (SSSR count). The van der Waals surface area contributed by atoms with E-state index in [1.807, 2.05) is 24.3 Å². The average molecular weight is 1330 g/mol. The zero-order chi connectivity index (χ0) is 59.5. The van der Waals surface area contributed by atoms with Crippen LogP contribution in [0.4, 0.5) is 22.7 Å². The summed E-state index contributed by atoms with van der Waals surface area (Å²) >= 11 is 2.92. The van der Waals surface area contributed by atoms with E-state index in [-0.39, 0.29) is 24.8 Å². The van der Waals surface area contributed by atoms with Crippen LogP contribution in [0.5, 0.6) is 0 Å². The third-order valence-corrected chi connectivity index (χ3v) is 18.2. The molecule has 4 aliphatic rings. The van der Waals surface area contributed by atoms with Crippen LogP contribution in [-0.4, -0.2) is 58.8 Å². The summed E-state index contributed by atoms with van der Waals surface area (Å²) in [6.45, 7) is 26.0. The molecule has 8 aromatic rings. The molecule has 0 heterocycles. The molecule has 86 heavy (non-hydrogen) atoms. The Bertz CT molecular complexity index is 2980. The SMILES string of the molecule is CCN(CC)c1[c-]c2c(cc1)-c1ccc(N(CC)CC)cc1C2.CCN(CC)c1[c-]c2c(cc1)-c1ccc(N(CC)CC)cc1C2.[C-]1=CC=CC1.[C-]1=CC=CC1.[Cl-].[Cl-].[Zr+2]=[C](c1ccccc1)c1ccccc1.[Zr+2]=[C](c1ccccc1)c1ccccc1. The molecule has 0 saturated carbocycles. The number of anilines is 4. The maximum atomic E-state index is 3.66. The molecule has 4 nitrogen and oxygen atoms in total. The Morgan fingerprint density at radius 3 is 0.895 bits per heavy atom. The summed E-state index contributed by atoms with van der Waals surface area (Å²) in [6, 6.07) is 72.4. The van der Waals surface area contributed by atoms with Gasteiger partial charge in [0.1, 0.15) is 0 Å². The molecule has 0 fully saturated rings. The van der Waals surface area contributed by atoms with Crippen LogP contribution in [0, 0.1) is 24.3 Å². The third kappa shape index (κ3) is 20.0. The van der Waals surface area contributed by atoms with Crippen molar-refractivity contribution in [3.05, 3.63) is 287 Å². The normalized spacial score (nSPS) is 11.7. The van der Waals surface area contributed by atoms with Crippen molar-refractivity contribution < 1.29 is 73.3 Å². The predicted molar refractivity (Wildman–Crippen MR) is 357 cm³/mol. The first kappa shape index (κ1) is 70.8. The molecule has 0 atom stereocenters. The van der Waals surface area contributed by atoms with Crippen molar-refractivity contribution in [2.75, 3.05) is 72.0 Å². The number of benzene rings is 8. The molecule has 8 aromatic carbocycles. The zero-order valence-electron chi connectivity index (χ0n) is 51.8. The molecule has 0 saturated heterocycles. The molecule has 0 amide bonds. The molecule has 440 valence electrons. The van der Waals surface area contributed by atoms with E-state index < -0.39 is 0 Å². The van der Waals surface area contributed by atoms with E-state index in [2.05, 4.69) is 293 Å². The van der Waals surface area contributed by atoms with E-state index in [1.165, 1.54) is 144 Å². The van der Waals surface area contributed by atoms with Crippen molar-refractivity contribution >= 4 is 29.2 Å². The molecular weight excluding hydrogens is 1250 g/mol. The summed E-state index contributed by atoms with van der Waals surface area (Å²) in [5, 5.41) is 0. The van der Waals surface area contributed by atoms with Crippen LogP contribution in [0.1, 0.15) is 113 Å². The van der Waals surface area contributed by atoms with Gasteiger partial charge in [-0.25, -0.2) is 24.3 Å². The van der Waals surface area contributed by atoms with Crippen molar-refractivity contribution in [3.8, 4) is 22.3 Å². The van der Waals surface area contributed by atoms with Crippen LogP contribution in [0.15, 0.2) is 218 Å². The number of rotatable bonds is 16. The van der Waals surface area contributed by atoms with E-state index in [0.29, 0.717) is 0 Å². The fourth-order valence-corrected chi connectivity index (χ4v) is 12.3. The predicted octanol–water partition coefficient (Wildman–Crippen LogP) is 11.7. The second-order valence-electron chi connectivity index (χ2n) is 20.4. The monoisotopic (exact) mass is 1330 g/mol. The van der Waals surface area contributed by atoms with Gasteiger partial charge >= 0.3 is 198 Å². The van der Waals surface area contributed by atoms with E-state index in [1.54, 1.807) is 0 Å². The topological polar surface area (TPSA) is 13.0 Å². The number of halogens is 2. The van der Waals surface area contributed by atoms with E-state index in [0.717, 1.165) is 78.0 Å². The Hall–Kier alpha value is -5.99. The quantitative estimate of drug-likeness (QED) is 0.0894. The van der Waals surface area contributed by atoms with Gasteiger partial charge in [-0.05, 0) is 104 Å². The van der Waals surface area contributed by atoms with Gasteiger partial charge in [-0.2, -0.15) is 36.4 Å². The molecule has 0 bridgehead atoms. The fourth-order valence-electron chi connectivity index (χ4n) is 10.7. The molecular formula is C78H84Cl2N4Zr2-2. The Kier molecular flexibility index (Phi) is 31.5. The van der Waals surface area contributed by atoms with Gasteiger partial charge in [0.2, 0.25) is 0 Å². The third-order valence-electron chi connectivity index (χ3n) is 15.4. The number of nitrogens with zero attached hydrogens (tertiary/aromatic N) is 4. The van der Waals surface area contributed by atoms with Gasteiger partial charge in [-0.15, -0.1) is 47.2 Å². The van der Waals surface area contributed by atoms with E-state index >= 15 is 0 Å². The van der Waals surface area contributed by atoms with Crippen LogP contribution < -0.4 is 44.4 Å². The standard InChI is InChI=1S/2C21H27N2.2C13H10.2C5H5.2ClH.2Zr/c2*1-5-22(6-2)18-9-11-20-16(14-18)13-17-15-19(10-12-21(17)20)23(7-3)8-4;2*1-3-7-12(8-4-1)11-13-9-5-2-6-10-13;2*1-2-4-5-3-1;;;;/h2*9-12,14H,5-8,13H2,1-4H3;2*1-10H;2*1-3H,4H2;2*1H;;/q2*-1;;;2*-1;;;2*+2/p-2. The summed E-state index contributed by atoms with van der Waals surface area (Å²) < 4.78 is 2.83. The first-order valence-electron chi connectivity index (χ1n) is 30.4. The van der Waals surface area contributed by atoms with Gasteiger partial charge < -0.3 is 44.4 Å². The molecule has 4 aliphatic carbocycles. The van der Waals surface area contributed by atoms with Gasteiger partial charge in [-0.3, -0.25) is 12.2 Å². The second-order valence-corrected chi connectivity index (χ2v) is 22.9. The van der Waals surface area contributed by atoms with E-state index in [4.69, 9.17) is 0 Å². The van der Waals surface area contributed by atoms with Gasteiger partial charge in [0, 0.05) is 63.7 Å². The van der Waals surface area contributed by atoms with Crippen LogP contribution in [0.3, 0.4) is 0 Å². The van der Waals surface area contributed by atoms with Crippen molar-refractivity contribution in [1.29, 1.82) is 0 Å². The summed E-state index contributed by atoms with van der Waals surface area (Å²) in [5.41, 5.74) is 21.5. The van der Waals surface area contributed by atoms with Crippen molar-refractivity contribution in [2.24, 2.45) is 0 Å². The first-order valence-corrected chi connectivity index (χ1v) is 32.8. The van der Waals surface area contributed by atoms with Crippen LogP contribution in [-0.2, 0) is 61.3 Å².